The minimum Gasteiger partial charge on any atom is -0.492 e. The van der Waals surface area contributed by atoms with Crippen LogP contribution in [0.5, 0.6) is 5.75 Å². The van der Waals surface area contributed by atoms with Gasteiger partial charge in [0.2, 0.25) is 5.91 Å². The average molecular weight is 268 g/mol. The lowest BCUT2D eigenvalue weighted by atomic mass is 10.3. The maximum Gasteiger partial charge on any atom is 0.230 e. The number of hydrogen-bond acceptors (Lipinski definition) is 4. The smallest absolute Gasteiger partial charge is 0.230 e. The van der Waals surface area contributed by atoms with E-state index in [0.29, 0.717) is 18.9 Å². The van der Waals surface area contributed by atoms with Crippen molar-refractivity contribution in [3.05, 3.63) is 30.3 Å². The minimum absolute atomic E-state index is 0.0253. The molecule has 0 bridgehead atoms. The normalized spacial score (nSPS) is 11.9. The lowest BCUT2D eigenvalue weighted by Crippen LogP contribution is -2.30. The molecule has 1 aromatic rings. The maximum absolute atomic E-state index is 11.4. The maximum atomic E-state index is 11.4. The molecule has 5 heteroatoms. The molecular weight excluding hydrogens is 248 g/mol. The van der Waals surface area contributed by atoms with Crippen molar-refractivity contribution in [3.63, 3.8) is 0 Å². The lowest BCUT2D eigenvalue weighted by molar-refractivity contribution is -0.118. The highest BCUT2D eigenvalue weighted by Crippen LogP contribution is 2.07. The fourth-order valence-electron chi connectivity index (χ4n) is 1.26. The van der Waals surface area contributed by atoms with E-state index in [2.05, 4.69) is 5.32 Å². The molecule has 0 spiro atoms. The van der Waals surface area contributed by atoms with Gasteiger partial charge in [-0.25, -0.2) is 0 Å². The van der Waals surface area contributed by atoms with Crippen LogP contribution >= 0.6 is 11.8 Å². The zero-order valence-corrected chi connectivity index (χ0v) is 11.4. The number of benzene rings is 1. The van der Waals surface area contributed by atoms with Crippen molar-refractivity contribution in [1.29, 1.82) is 0 Å². The van der Waals surface area contributed by atoms with Crippen LogP contribution in [0.4, 0.5) is 0 Å². The minimum atomic E-state index is 0.0253. The molecule has 0 heterocycles. The van der Waals surface area contributed by atoms with Crippen LogP contribution in [0.1, 0.15) is 6.92 Å². The van der Waals surface area contributed by atoms with Gasteiger partial charge < -0.3 is 15.8 Å². The van der Waals surface area contributed by atoms with E-state index < -0.39 is 0 Å². The Balaban J connectivity index is 2.02. The van der Waals surface area contributed by atoms with Crippen LogP contribution in [-0.2, 0) is 4.79 Å². The van der Waals surface area contributed by atoms with E-state index in [4.69, 9.17) is 10.5 Å². The predicted octanol–water partition coefficient (Wildman–Crippen LogP) is 1.26. The van der Waals surface area contributed by atoms with Crippen molar-refractivity contribution in [2.75, 3.05) is 24.7 Å². The summed E-state index contributed by atoms with van der Waals surface area (Å²) in [7, 11) is 0. The summed E-state index contributed by atoms with van der Waals surface area (Å²) in [6.45, 7) is 2.93. The molecule has 100 valence electrons. The van der Waals surface area contributed by atoms with Crippen LogP contribution in [0.2, 0.25) is 0 Å². The molecule has 1 amide bonds. The summed E-state index contributed by atoms with van der Waals surface area (Å²) in [5.74, 6) is 2.09. The molecule has 0 aliphatic heterocycles. The number of hydrogen-bond donors (Lipinski definition) is 2. The van der Waals surface area contributed by atoms with Gasteiger partial charge in [0, 0.05) is 11.8 Å². The standard InChI is InChI=1S/C13H20N2O2S/c1-11(14)9-18-10-13(16)15-7-8-17-12-5-3-2-4-6-12/h2-6,11H,7-10,14H2,1H3,(H,15,16). The third-order valence-electron chi connectivity index (χ3n) is 2.05. The third kappa shape index (κ3) is 7.19. The van der Waals surface area contributed by atoms with E-state index >= 15 is 0 Å². The summed E-state index contributed by atoms with van der Waals surface area (Å²) in [5.41, 5.74) is 5.59. The third-order valence-corrected chi connectivity index (χ3v) is 3.28. The predicted molar refractivity (Wildman–Crippen MR) is 75.9 cm³/mol. The van der Waals surface area contributed by atoms with Gasteiger partial charge in [-0.1, -0.05) is 18.2 Å². The summed E-state index contributed by atoms with van der Waals surface area (Å²) in [4.78, 5) is 11.4. The molecule has 1 unspecified atom stereocenters. The number of amides is 1. The Morgan fingerprint density at radius 1 is 1.44 bits per heavy atom. The van der Waals surface area contributed by atoms with Crippen molar-refractivity contribution in [1.82, 2.24) is 5.32 Å². The highest BCUT2D eigenvalue weighted by atomic mass is 32.2. The Morgan fingerprint density at radius 3 is 2.83 bits per heavy atom. The summed E-state index contributed by atoms with van der Waals surface area (Å²) in [6, 6.07) is 9.67. The number of rotatable bonds is 8. The SMILES string of the molecule is CC(N)CSCC(=O)NCCOc1ccccc1. The Bertz CT molecular complexity index is 344. The van der Waals surface area contributed by atoms with Gasteiger partial charge in [0.05, 0.1) is 12.3 Å². The van der Waals surface area contributed by atoms with Crippen molar-refractivity contribution < 1.29 is 9.53 Å². The molecule has 0 radical (unpaired) electrons. The van der Waals surface area contributed by atoms with Gasteiger partial charge in [-0.3, -0.25) is 4.79 Å². The quantitative estimate of drug-likeness (QED) is 0.697. The molecular formula is C13H20N2O2S. The van der Waals surface area contributed by atoms with Crippen LogP contribution in [-0.4, -0.2) is 36.6 Å². The van der Waals surface area contributed by atoms with Gasteiger partial charge in [-0.05, 0) is 19.1 Å². The first-order chi connectivity index (χ1) is 8.68. The molecule has 1 rings (SSSR count). The molecule has 0 saturated carbocycles. The first kappa shape index (κ1) is 14.9. The second kappa shape index (κ2) is 8.83. The Morgan fingerprint density at radius 2 is 2.17 bits per heavy atom. The van der Waals surface area contributed by atoms with Crippen molar-refractivity contribution in [2.24, 2.45) is 5.73 Å². The summed E-state index contributed by atoms with van der Waals surface area (Å²) in [5, 5.41) is 2.80. The summed E-state index contributed by atoms with van der Waals surface area (Å²) >= 11 is 1.55. The Hall–Kier alpha value is -1.20. The van der Waals surface area contributed by atoms with Crippen LogP contribution in [0.25, 0.3) is 0 Å². The highest BCUT2D eigenvalue weighted by molar-refractivity contribution is 7.99. The van der Waals surface area contributed by atoms with Gasteiger partial charge in [0.15, 0.2) is 0 Å². The second-order valence-electron chi connectivity index (χ2n) is 4.00. The molecule has 18 heavy (non-hydrogen) atoms. The average Bonchev–Trinajstić information content (AvgIpc) is 2.35. The topological polar surface area (TPSA) is 64.4 Å². The molecule has 1 aromatic carbocycles. The zero-order chi connectivity index (χ0) is 13.2. The second-order valence-corrected chi connectivity index (χ2v) is 5.03. The Labute approximate surface area is 112 Å². The molecule has 1 atom stereocenters. The molecule has 0 saturated heterocycles. The first-order valence-corrected chi connectivity index (χ1v) is 7.12. The fourth-order valence-corrected chi connectivity index (χ4v) is 2.04. The molecule has 0 aliphatic carbocycles. The number of carbonyl (C=O) groups is 1. The van der Waals surface area contributed by atoms with Gasteiger partial charge in [0.1, 0.15) is 12.4 Å². The van der Waals surface area contributed by atoms with Gasteiger partial charge in [0.25, 0.3) is 0 Å². The van der Waals surface area contributed by atoms with Gasteiger partial charge >= 0.3 is 0 Å². The van der Waals surface area contributed by atoms with Crippen molar-refractivity contribution in [2.45, 2.75) is 13.0 Å². The fraction of sp³-hybridized carbons (Fsp3) is 0.462. The monoisotopic (exact) mass is 268 g/mol. The number of nitrogens with one attached hydrogen (secondary N) is 1. The summed E-state index contributed by atoms with van der Waals surface area (Å²) < 4.78 is 5.46. The van der Waals surface area contributed by atoms with Gasteiger partial charge in [-0.15, -0.1) is 0 Å². The van der Waals surface area contributed by atoms with Crippen LogP contribution < -0.4 is 15.8 Å². The lowest BCUT2D eigenvalue weighted by Gasteiger charge is -2.08. The number of ether oxygens (including phenoxy) is 1. The van der Waals surface area contributed by atoms with E-state index in [1.54, 1.807) is 11.8 Å². The van der Waals surface area contributed by atoms with Crippen LogP contribution in [0.15, 0.2) is 30.3 Å². The molecule has 0 aromatic heterocycles. The number of carbonyl (C=O) groups excluding carboxylic acids is 1. The number of nitrogens with two attached hydrogens (primary N) is 1. The van der Waals surface area contributed by atoms with Gasteiger partial charge in [-0.2, -0.15) is 11.8 Å². The van der Waals surface area contributed by atoms with E-state index in [0.717, 1.165) is 11.5 Å². The van der Waals surface area contributed by atoms with E-state index in [9.17, 15) is 4.79 Å². The van der Waals surface area contributed by atoms with E-state index in [-0.39, 0.29) is 11.9 Å². The van der Waals surface area contributed by atoms with Crippen molar-refractivity contribution >= 4 is 17.7 Å². The Kier molecular flexibility index (Phi) is 7.29. The van der Waals surface area contributed by atoms with Crippen molar-refractivity contribution in [3.8, 4) is 5.75 Å². The molecule has 0 fully saturated rings. The number of para-hydroxylation sites is 1. The molecule has 4 nitrogen and oxygen atoms in total. The number of thioether (sulfide) groups is 1. The highest BCUT2D eigenvalue weighted by Gasteiger charge is 2.02. The van der Waals surface area contributed by atoms with Crippen LogP contribution in [0.3, 0.4) is 0 Å². The van der Waals surface area contributed by atoms with Crippen LogP contribution in [0, 0.1) is 0 Å². The molecule has 3 N–H and O–H groups in total. The van der Waals surface area contributed by atoms with E-state index in [1.165, 1.54) is 0 Å². The molecule has 0 aliphatic rings. The first-order valence-electron chi connectivity index (χ1n) is 5.96. The largest absolute Gasteiger partial charge is 0.492 e. The summed E-state index contributed by atoms with van der Waals surface area (Å²) in [6.07, 6.45) is 0. The van der Waals surface area contributed by atoms with E-state index in [1.807, 2.05) is 37.3 Å². The zero-order valence-electron chi connectivity index (χ0n) is 10.6.